The van der Waals surface area contributed by atoms with Gasteiger partial charge in [0.1, 0.15) is 11.9 Å². The fourth-order valence-electron chi connectivity index (χ4n) is 3.53. The van der Waals surface area contributed by atoms with Gasteiger partial charge < -0.3 is 19.2 Å². The molecule has 1 unspecified atom stereocenters. The molecule has 32 heavy (non-hydrogen) atoms. The quantitative estimate of drug-likeness (QED) is 0.322. The van der Waals surface area contributed by atoms with Crippen molar-refractivity contribution in [3.8, 4) is 5.75 Å². The van der Waals surface area contributed by atoms with E-state index in [4.69, 9.17) is 9.16 Å². The van der Waals surface area contributed by atoms with Gasteiger partial charge in [0.2, 0.25) is 0 Å². The van der Waals surface area contributed by atoms with E-state index in [1.807, 2.05) is 24.3 Å². The summed E-state index contributed by atoms with van der Waals surface area (Å²) < 4.78 is 14.0. The number of benzene rings is 1. The van der Waals surface area contributed by atoms with Crippen LogP contribution in [0.3, 0.4) is 0 Å². The second kappa shape index (κ2) is 10.1. The summed E-state index contributed by atoms with van der Waals surface area (Å²) >= 11 is 2.30. The Kier molecular flexibility index (Phi) is 7.88. The van der Waals surface area contributed by atoms with Gasteiger partial charge in [0.15, 0.2) is 8.32 Å². The van der Waals surface area contributed by atoms with E-state index >= 15 is 0 Å². The number of amides is 1. The molecule has 0 aliphatic carbocycles. The second-order valence-electron chi connectivity index (χ2n) is 9.87. The van der Waals surface area contributed by atoms with Gasteiger partial charge in [-0.2, -0.15) is 0 Å². The lowest BCUT2D eigenvalue weighted by Gasteiger charge is -2.40. The number of rotatable bonds is 7. The van der Waals surface area contributed by atoms with E-state index < -0.39 is 14.4 Å². The molecule has 2 aromatic rings. The molecule has 1 aromatic heterocycles. The monoisotopic (exact) mass is 568 g/mol. The maximum absolute atomic E-state index is 12.2. The molecule has 0 saturated carbocycles. The van der Waals surface area contributed by atoms with Crippen LogP contribution < -0.4 is 4.74 Å². The summed E-state index contributed by atoms with van der Waals surface area (Å²) in [6, 6.07) is 9.95. The van der Waals surface area contributed by atoms with Gasteiger partial charge in [-0.25, -0.2) is 4.79 Å². The first-order valence-electron chi connectivity index (χ1n) is 11.0. The van der Waals surface area contributed by atoms with E-state index in [2.05, 4.69) is 67.5 Å². The molecule has 2 heterocycles. The lowest BCUT2D eigenvalue weighted by atomic mass is 10.0. The summed E-state index contributed by atoms with van der Waals surface area (Å²) in [6.07, 6.45) is 3.64. The highest BCUT2D eigenvalue weighted by molar-refractivity contribution is 14.1. The zero-order chi connectivity index (χ0) is 23.5. The number of pyridine rings is 1. The molecule has 3 rings (SSSR count). The fourth-order valence-corrected chi connectivity index (χ4v) is 5.36. The topological polar surface area (TPSA) is 71.9 Å². The predicted octanol–water partition coefficient (Wildman–Crippen LogP) is 6.12. The Morgan fingerprint density at radius 1 is 1.38 bits per heavy atom. The Hall–Kier alpha value is -1.65. The highest BCUT2D eigenvalue weighted by Crippen LogP contribution is 2.40. The normalized spacial score (nSPS) is 17.2. The number of aromatic nitrogens is 1. The number of ether oxygens (including phenoxy) is 1. The van der Waals surface area contributed by atoms with Gasteiger partial charge in [-0.3, -0.25) is 4.98 Å². The van der Waals surface area contributed by atoms with E-state index in [0.717, 1.165) is 24.2 Å². The molecule has 6 nitrogen and oxygen atoms in total. The van der Waals surface area contributed by atoms with Gasteiger partial charge in [-0.15, -0.1) is 0 Å². The molecule has 1 aromatic carbocycles. The summed E-state index contributed by atoms with van der Waals surface area (Å²) in [4.78, 5) is 17.9. The number of carbonyl (C=O) groups is 1. The Morgan fingerprint density at radius 2 is 2.12 bits per heavy atom. The van der Waals surface area contributed by atoms with Crippen molar-refractivity contribution in [2.45, 2.75) is 64.0 Å². The van der Waals surface area contributed by atoms with Gasteiger partial charge in [-0.1, -0.05) is 26.8 Å². The molecule has 1 aliphatic heterocycles. The third-order valence-electron chi connectivity index (χ3n) is 6.43. The zero-order valence-electron chi connectivity index (χ0n) is 19.5. The number of carboxylic acid groups (broad SMARTS) is 1. The average Bonchev–Trinajstić information content (AvgIpc) is 2.72. The van der Waals surface area contributed by atoms with Crippen LogP contribution in [-0.4, -0.2) is 48.6 Å². The van der Waals surface area contributed by atoms with Crippen LogP contribution in [-0.2, 0) is 10.8 Å². The van der Waals surface area contributed by atoms with Gasteiger partial charge in [0, 0.05) is 16.0 Å². The number of halogens is 1. The van der Waals surface area contributed by atoms with E-state index in [1.165, 1.54) is 14.0 Å². The number of nitrogens with zero attached hydrogens (tertiary/aromatic N) is 2. The van der Waals surface area contributed by atoms with Crippen LogP contribution in [0.5, 0.6) is 5.75 Å². The SMILES string of the molecule is CC(C)(C)[Si](C)(C)OC(CN(C[C@H]1CCc2cc(I)ccc2O1)C(=O)O)c1cccnc1. The lowest BCUT2D eigenvalue weighted by molar-refractivity contribution is 0.0688. The fraction of sp³-hybridized carbons (Fsp3) is 0.500. The molecule has 0 saturated heterocycles. The molecule has 1 amide bonds. The molecular weight excluding hydrogens is 535 g/mol. The molecule has 2 atom stereocenters. The highest BCUT2D eigenvalue weighted by Gasteiger charge is 2.40. The standard InChI is InChI=1S/C24H33IN2O4Si/c1-24(2,3)32(4,5)31-22(18-7-6-12-26-14-18)16-27(23(28)29)15-20-10-8-17-13-19(25)9-11-21(17)30-20/h6-7,9,11-14,20,22H,8,10,15-16H2,1-5H3,(H,28,29)/t20-,22?/m1/s1. The zero-order valence-corrected chi connectivity index (χ0v) is 22.6. The minimum atomic E-state index is -2.14. The molecule has 0 spiro atoms. The highest BCUT2D eigenvalue weighted by atomic mass is 127. The second-order valence-corrected chi connectivity index (χ2v) is 15.9. The molecule has 1 N–H and O–H groups in total. The largest absolute Gasteiger partial charge is 0.488 e. The molecule has 174 valence electrons. The molecule has 0 bridgehead atoms. The molecule has 0 fully saturated rings. The van der Waals surface area contributed by atoms with Crippen LogP contribution in [0, 0.1) is 3.57 Å². The first-order valence-corrected chi connectivity index (χ1v) is 15.0. The Bertz CT molecular complexity index is 933. The van der Waals surface area contributed by atoms with Crippen LogP contribution in [0.2, 0.25) is 18.1 Å². The molecule has 8 heteroatoms. The van der Waals surface area contributed by atoms with Crippen LogP contribution in [0.1, 0.15) is 44.4 Å². The third-order valence-corrected chi connectivity index (χ3v) is 11.6. The van der Waals surface area contributed by atoms with Crippen molar-refractivity contribution in [1.29, 1.82) is 0 Å². The number of fused-ring (bicyclic) bond motifs is 1. The van der Waals surface area contributed by atoms with Crippen molar-refractivity contribution in [3.05, 3.63) is 57.4 Å². The van der Waals surface area contributed by atoms with Crippen molar-refractivity contribution in [1.82, 2.24) is 9.88 Å². The maximum Gasteiger partial charge on any atom is 0.407 e. The van der Waals surface area contributed by atoms with Crippen LogP contribution in [0.15, 0.2) is 42.7 Å². The smallest absolute Gasteiger partial charge is 0.407 e. The van der Waals surface area contributed by atoms with Crippen molar-refractivity contribution in [2.75, 3.05) is 13.1 Å². The summed E-state index contributed by atoms with van der Waals surface area (Å²) in [5.41, 5.74) is 2.08. The molecule has 0 radical (unpaired) electrons. The average molecular weight is 569 g/mol. The lowest BCUT2D eigenvalue weighted by Crippen LogP contribution is -2.46. The predicted molar refractivity (Wildman–Crippen MR) is 137 cm³/mol. The Morgan fingerprint density at radius 3 is 2.75 bits per heavy atom. The van der Waals surface area contributed by atoms with E-state index in [1.54, 1.807) is 12.4 Å². The van der Waals surface area contributed by atoms with Gasteiger partial charge in [0.25, 0.3) is 0 Å². The third kappa shape index (κ3) is 6.23. The van der Waals surface area contributed by atoms with Crippen molar-refractivity contribution >= 4 is 37.0 Å². The molecular formula is C24H33IN2O4Si. The van der Waals surface area contributed by atoms with Crippen LogP contribution in [0.4, 0.5) is 4.79 Å². The summed E-state index contributed by atoms with van der Waals surface area (Å²) in [6.45, 7) is 11.5. The van der Waals surface area contributed by atoms with E-state index in [0.29, 0.717) is 6.54 Å². The first kappa shape index (κ1) is 25.0. The maximum atomic E-state index is 12.2. The van der Waals surface area contributed by atoms with Gasteiger partial charge in [0.05, 0.1) is 19.2 Å². The van der Waals surface area contributed by atoms with Crippen molar-refractivity contribution in [3.63, 3.8) is 0 Å². The summed E-state index contributed by atoms with van der Waals surface area (Å²) in [7, 11) is -2.14. The van der Waals surface area contributed by atoms with E-state index in [9.17, 15) is 9.90 Å². The summed E-state index contributed by atoms with van der Waals surface area (Å²) in [5, 5.41) is 10.0. The van der Waals surface area contributed by atoms with Gasteiger partial charge >= 0.3 is 6.09 Å². The van der Waals surface area contributed by atoms with Crippen molar-refractivity contribution < 1.29 is 19.1 Å². The summed E-state index contributed by atoms with van der Waals surface area (Å²) in [5.74, 6) is 0.855. The molecule has 1 aliphatic rings. The first-order chi connectivity index (χ1) is 15.0. The van der Waals surface area contributed by atoms with Crippen LogP contribution in [0.25, 0.3) is 0 Å². The van der Waals surface area contributed by atoms with Crippen LogP contribution >= 0.6 is 22.6 Å². The number of hydrogen-bond acceptors (Lipinski definition) is 4. The van der Waals surface area contributed by atoms with Gasteiger partial charge in [-0.05, 0) is 89.0 Å². The van der Waals surface area contributed by atoms with Crippen molar-refractivity contribution in [2.24, 2.45) is 0 Å². The Labute approximate surface area is 205 Å². The Balaban J connectivity index is 1.78. The number of aryl methyl sites for hydroxylation is 1. The minimum absolute atomic E-state index is 0.00914. The van der Waals surface area contributed by atoms with E-state index in [-0.39, 0.29) is 23.8 Å². The minimum Gasteiger partial charge on any atom is -0.488 e. The number of hydrogen-bond donors (Lipinski definition) is 1.